The number of nitrogens with one attached hydrogen (secondary N) is 1. The van der Waals surface area contributed by atoms with Crippen molar-refractivity contribution >= 4 is 16.2 Å². The largest absolute Gasteiger partial charge is 0.468 e. The maximum atomic E-state index is 11.8. The molecule has 0 aliphatic heterocycles. The Morgan fingerprint density at radius 3 is 2.50 bits per heavy atom. The Kier molecular flexibility index (Phi) is 5.26. The monoisotopic (exact) mass is 272 g/mol. The summed E-state index contributed by atoms with van der Waals surface area (Å²) >= 11 is 0. The van der Waals surface area contributed by atoms with E-state index in [4.69, 9.17) is 0 Å². The molecule has 0 saturated carbocycles. The van der Waals surface area contributed by atoms with Gasteiger partial charge in [0.05, 0.1) is 7.11 Å². The number of ether oxygens (including phenoxy) is 1. The molecule has 0 aliphatic carbocycles. The molecule has 0 aromatic heterocycles. The van der Waals surface area contributed by atoms with Gasteiger partial charge in [-0.3, -0.25) is 4.79 Å². The molecule has 0 fully saturated rings. The number of rotatable bonds is 6. The van der Waals surface area contributed by atoms with Crippen molar-refractivity contribution in [3.8, 4) is 0 Å². The second-order valence-electron chi connectivity index (χ2n) is 3.64. The molecule has 0 amide bonds. The van der Waals surface area contributed by atoms with E-state index >= 15 is 0 Å². The van der Waals surface area contributed by atoms with Gasteiger partial charge < -0.3 is 4.74 Å². The Morgan fingerprint density at radius 2 is 1.94 bits per heavy atom. The molecular formula is C11H16N2O4S. The lowest BCUT2D eigenvalue weighted by molar-refractivity contribution is -0.139. The van der Waals surface area contributed by atoms with Gasteiger partial charge in [0.1, 0.15) is 6.54 Å². The highest BCUT2D eigenvalue weighted by Crippen LogP contribution is 2.05. The molecule has 1 N–H and O–H groups in total. The van der Waals surface area contributed by atoms with Crippen LogP contribution in [0, 0.1) is 0 Å². The number of nitrogens with zero attached hydrogens (tertiary/aromatic N) is 1. The highest BCUT2D eigenvalue weighted by Gasteiger charge is 2.18. The molecule has 7 heteroatoms. The van der Waals surface area contributed by atoms with Crippen molar-refractivity contribution in [3.63, 3.8) is 0 Å². The van der Waals surface area contributed by atoms with Crippen LogP contribution in [-0.4, -0.2) is 39.4 Å². The van der Waals surface area contributed by atoms with Gasteiger partial charge in [-0.25, -0.2) is 0 Å². The Balaban J connectivity index is 2.60. The van der Waals surface area contributed by atoms with E-state index in [1.54, 1.807) is 0 Å². The van der Waals surface area contributed by atoms with Crippen LogP contribution in [0.25, 0.3) is 0 Å². The Labute approximate surface area is 107 Å². The summed E-state index contributed by atoms with van der Waals surface area (Å²) in [5.41, 5.74) is 0.864. The lowest BCUT2D eigenvalue weighted by Gasteiger charge is -2.17. The van der Waals surface area contributed by atoms with Crippen LogP contribution in [0.5, 0.6) is 0 Å². The highest BCUT2D eigenvalue weighted by atomic mass is 32.2. The van der Waals surface area contributed by atoms with Gasteiger partial charge in [-0.1, -0.05) is 30.3 Å². The fraction of sp³-hybridized carbons (Fsp3) is 0.364. The lowest BCUT2D eigenvalue weighted by atomic mass is 10.2. The molecule has 0 heterocycles. The summed E-state index contributed by atoms with van der Waals surface area (Å²) in [6.07, 6.45) is 0. The SMILES string of the molecule is COC(=O)CNS(=O)(=O)N(C)Cc1ccccc1. The number of methoxy groups -OCH3 is 1. The van der Waals surface area contributed by atoms with Crippen LogP contribution >= 0.6 is 0 Å². The van der Waals surface area contributed by atoms with Crippen molar-refractivity contribution in [1.82, 2.24) is 9.03 Å². The van der Waals surface area contributed by atoms with Crippen LogP contribution in [0.2, 0.25) is 0 Å². The van der Waals surface area contributed by atoms with E-state index < -0.39 is 16.2 Å². The number of hydrogen-bond acceptors (Lipinski definition) is 4. The number of esters is 1. The summed E-state index contributed by atoms with van der Waals surface area (Å²) in [7, 11) is -1.05. The fourth-order valence-corrected chi connectivity index (χ4v) is 2.10. The van der Waals surface area contributed by atoms with Crippen molar-refractivity contribution in [1.29, 1.82) is 0 Å². The zero-order valence-electron chi connectivity index (χ0n) is 10.3. The lowest BCUT2D eigenvalue weighted by Crippen LogP contribution is -2.40. The molecule has 0 radical (unpaired) electrons. The van der Waals surface area contributed by atoms with Gasteiger partial charge in [0.2, 0.25) is 0 Å². The van der Waals surface area contributed by atoms with Crippen molar-refractivity contribution in [2.45, 2.75) is 6.54 Å². The molecule has 0 spiro atoms. The molecular weight excluding hydrogens is 256 g/mol. The molecule has 1 aromatic carbocycles. The Bertz CT molecular complexity index is 487. The number of carbonyl (C=O) groups excluding carboxylic acids is 1. The molecule has 0 bridgehead atoms. The molecule has 0 aliphatic rings. The standard InChI is InChI=1S/C11H16N2O4S/c1-13(9-10-6-4-3-5-7-10)18(15,16)12-8-11(14)17-2/h3-7,12H,8-9H2,1-2H3. The first-order valence-electron chi connectivity index (χ1n) is 5.27. The van der Waals surface area contributed by atoms with Crippen LogP contribution in [-0.2, 0) is 26.3 Å². The predicted molar refractivity (Wildman–Crippen MR) is 66.8 cm³/mol. The average molecular weight is 272 g/mol. The van der Waals surface area contributed by atoms with Crippen molar-refractivity contribution in [2.75, 3.05) is 20.7 Å². The minimum absolute atomic E-state index is 0.233. The van der Waals surface area contributed by atoms with Crippen molar-refractivity contribution < 1.29 is 17.9 Å². The van der Waals surface area contributed by atoms with Gasteiger partial charge in [0, 0.05) is 13.6 Å². The first-order chi connectivity index (χ1) is 8.45. The van der Waals surface area contributed by atoms with Crippen LogP contribution in [0.15, 0.2) is 30.3 Å². The molecule has 1 rings (SSSR count). The highest BCUT2D eigenvalue weighted by molar-refractivity contribution is 7.87. The van der Waals surface area contributed by atoms with Gasteiger partial charge in [-0.2, -0.15) is 17.4 Å². The fourth-order valence-electron chi connectivity index (χ4n) is 1.26. The zero-order chi connectivity index (χ0) is 13.6. The molecule has 0 saturated heterocycles. The zero-order valence-corrected chi connectivity index (χ0v) is 11.1. The summed E-state index contributed by atoms with van der Waals surface area (Å²) in [6, 6.07) is 9.17. The van der Waals surface area contributed by atoms with E-state index in [1.165, 1.54) is 14.2 Å². The first kappa shape index (κ1) is 14.6. The molecule has 100 valence electrons. The average Bonchev–Trinajstić information content (AvgIpc) is 2.37. The maximum absolute atomic E-state index is 11.8. The van der Waals surface area contributed by atoms with E-state index in [1.807, 2.05) is 30.3 Å². The minimum atomic E-state index is -3.68. The first-order valence-corrected chi connectivity index (χ1v) is 6.71. The van der Waals surface area contributed by atoms with Gasteiger partial charge in [0.15, 0.2) is 0 Å². The van der Waals surface area contributed by atoms with Crippen LogP contribution in [0.4, 0.5) is 0 Å². The molecule has 1 aromatic rings. The molecule has 0 unspecified atom stereocenters. The maximum Gasteiger partial charge on any atom is 0.320 e. The third-order valence-corrected chi connectivity index (χ3v) is 3.74. The summed E-state index contributed by atoms with van der Waals surface area (Å²) in [5.74, 6) is -0.633. The number of benzene rings is 1. The summed E-state index contributed by atoms with van der Waals surface area (Å²) < 4.78 is 31.2. The Morgan fingerprint density at radius 1 is 1.33 bits per heavy atom. The third-order valence-electron chi connectivity index (χ3n) is 2.28. The summed E-state index contributed by atoms with van der Waals surface area (Å²) in [6.45, 7) is -0.144. The van der Waals surface area contributed by atoms with Gasteiger partial charge in [-0.15, -0.1) is 0 Å². The van der Waals surface area contributed by atoms with Crippen LogP contribution < -0.4 is 4.72 Å². The van der Waals surface area contributed by atoms with Crippen molar-refractivity contribution in [2.24, 2.45) is 0 Å². The van der Waals surface area contributed by atoms with Crippen LogP contribution in [0.1, 0.15) is 5.56 Å². The van der Waals surface area contributed by atoms with Gasteiger partial charge in [0.25, 0.3) is 10.2 Å². The van der Waals surface area contributed by atoms with Gasteiger partial charge >= 0.3 is 5.97 Å². The van der Waals surface area contributed by atoms with Gasteiger partial charge in [-0.05, 0) is 5.56 Å². The van der Waals surface area contributed by atoms with E-state index in [-0.39, 0.29) is 13.1 Å². The molecule has 6 nitrogen and oxygen atoms in total. The molecule has 0 atom stereocenters. The second-order valence-corrected chi connectivity index (χ2v) is 5.51. The normalized spacial score (nSPS) is 11.5. The number of carbonyl (C=O) groups is 1. The van der Waals surface area contributed by atoms with Crippen molar-refractivity contribution in [3.05, 3.63) is 35.9 Å². The Hall–Kier alpha value is -1.44. The van der Waals surface area contributed by atoms with Crippen LogP contribution in [0.3, 0.4) is 0 Å². The topological polar surface area (TPSA) is 75.7 Å². The summed E-state index contributed by atoms with van der Waals surface area (Å²) in [5, 5.41) is 0. The van der Waals surface area contributed by atoms with E-state index in [0.717, 1.165) is 9.87 Å². The van der Waals surface area contributed by atoms with E-state index in [2.05, 4.69) is 9.46 Å². The number of hydrogen-bond donors (Lipinski definition) is 1. The smallest absolute Gasteiger partial charge is 0.320 e. The predicted octanol–water partition coefficient (Wildman–Crippen LogP) is 0.126. The minimum Gasteiger partial charge on any atom is -0.468 e. The quantitative estimate of drug-likeness (QED) is 0.747. The molecule has 18 heavy (non-hydrogen) atoms. The van der Waals surface area contributed by atoms with E-state index in [9.17, 15) is 13.2 Å². The summed E-state index contributed by atoms with van der Waals surface area (Å²) in [4.78, 5) is 10.9. The third kappa shape index (κ3) is 4.44. The van der Waals surface area contributed by atoms with E-state index in [0.29, 0.717) is 0 Å². The second kappa shape index (κ2) is 6.48.